The summed E-state index contributed by atoms with van der Waals surface area (Å²) >= 11 is 0. The van der Waals surface area contributed by atoms with Gasteiger partial charge in [-0.3, -0.25) is 9.48 Å². The number of benzene rings is 1. The normalized spacial score (nSPS) is 20.0. The SMILES string of the molecule is CC1(C)OC[C@@H](C(=O)Nc2cnn(Cc3ccccc3)c2)O1. The van der Waals surface area contributed by atoms with E-state index in [4.69, 9.17) is 9.47 Å². The van der Waals surface area contributed by atoms with Gasteiger partial charge in [-0.1, -0.05) is 30.3 Å². The number of nitrogens with one attached hydrogen (secondary N) is 1. The Balaban J connectivity index is 1.59. The Kier molecular flexibility index (Phi) is 3.96. The fourth-order valence-electron chi connectivity index (χ4n) is 2.32. The first-order valence-corrected chi connectivity index (χ1v) is 7.21. The number of amides is 1. The standard InChI is InChI=1S/C16H19N3O3/c1-16(2)21-11-14(22-16)15(20)18-13-8-17-19(10-13)9-12-6-4-3-5-7-12/h3-8,10,14H,9,11H2,1-2H3,(H,18,20)/t14-/m0/s1. The molecule has 1 amide bonds. The predicted octanol–water partition coefficient (Wildman–Crippen LogP) is 2.02. The van der Waals surface area contributed by atoms with Gasteiger partial charge in [0.1, 0.15) is 0 Å². The molecule has 1 aliphatic heterocycles. The van der Waals surface area contributed by atoms with Crippen LogP contribution >= 0.6 is 0 Å². The third-order valence-corrected chi connectivity index (χ3v) is 3.39. The molecule has 1 aromatic heterocycles. The zero-order valence-electron chi connectivity index (χ0n) is 12.7. The van der Waals surface area contributed by atoms with Crippen LogP contribution in [0.1, 0.15) is 19.4 Å². The van der Waals surface area contributed by atoms with E-state index in [9.17, 15) is 4.79 Å². The molecule has 0 radical (unpaired) electrons. The number of carbonyl (C=O) groups excluding carboxylic acids is 1. The highest BCUT2D eigenvalue weighted by atomic mass is 16.7. The van der Waals surface area contributed by atoms with Gasteiger partial charge in [-0.05, 0) is 19.4 Å². The van der Waals surface area contributed by atoms with E-state index in [0.717, 1.165) is 5.56 Å². The Bertz CT molecular complexity index is 652. The first-order chi connectivity index (χ1) is 10.5. The van der Waals surface area contributed by atoms with Crippen molar-refractivity contribution in [1.82, 2.24) is 9.78 Å². The van der Waals surface area contributed by atoms with Crippen molar-refractivity contribution in [3.05, 3.63) is 48.3 Å². The predicted molar refractivity (Wildman–Crippen MR) is 81.3 cm³/mol. The van der Waals surface area contributed by atoms with Gasteiger partial charge in [0.25, 0.3) is 5.91 Å². The van der Waals surface area contributed by atoms with Gasteiger partial charge in [0.2, 0.25) is 0 Å². The van der Waals surface area contributed by atoms with E-state index in [1.807, 2.05) is 30.3 Å². The van der Waals surface area contributed by atoms with E-state index in [1.165, 1.54) is 0 Å². The first-order valence-electron chi connectivity index (χ1n) is 7.21. The lowest BCUT2D eigenvalue weighted by molar-refractivity contribution is -0.150. The maximum atomic E-state index is 12.1. The van der Waals surface area contributed by atoms with Crippen LogP contribution in [0.2, 0.25) is 0 Å². The second-order valence-electron chi connectivity index (χ2n) is 5.72. The number of hydrogen-bond acceptors (Lipinski definition) is 4. The largest absolute Gasteiger partial charge is 0.347 e. The third-order valence-electron chi connectivity index (χ3n) is 3.39. The van der Waals surface area contributed by atoms with Crippen LogP contribution in [0.5, 0.6) is 0 Å². The Labute approximate surface area is 129 Å². The van der Waals surface area contributed by atoms with Crippen molar-refractivity contribution in [2.75, 3.05) is 11.9 Å². The zero-order chi connectivity index (χ0) is 15.6. The highest BCUT2D eigenvalue weighted by Gasteiger charge is 2.37. The van der Waals surface area contributed by atoms with Crippen LogP contribution in [0.4, 0.5) is 5.69 Å². The quantitative estimate of drug-likeness (QED) is 0.938. The molecule has 22 heavy (non-hydrogen) atoms. The highest BCUT2D eigenvalue weighted by Crippen LogP contribution is 2.23. The number of ether oxygens (including phenoxy) is 2. The van der Waals surface area contributed by atoms with Gasteiger partial charge in [-0.25, -0.2) is 0 Å². The summed E-state index contributed by atoms with van der Waals surface area (Å²) in [6.45, 7) is 4.50. The van der Waals surface area contributed by atoms with Crippen molar-refractivity contribution >= 4 is 11.6 Å². The highest BCUT2D eigenvalue weighted by molar-refractivity contribution is 5.94. The maximum Gasteiger partial charge on any atom is 0.256 e. The van der Waals surface area contributed by atoms with Gasteiger partial charge in [0, 0.05) is 6.20 Å². The van der Waals surface area contributed by atoms with Crippen LogP contribution < -0.4 is 5.32 Å². The molecule has 6 nitrogen and oxygen atoms in total. The molecule has 0 saturated carbocycles. The van der Waals surface area contributed by atoms with Gasteiger partial charge in [0.05, 0.1) is 25.0 Å². The van der Waals surface area contributed by atoms with Crippen LogP contribution in [0, 0.1) is 0 Å². The van der Waals surface area contributed by atoms with Gasteiger partial charge >= 0.3 is 0 Å². The fourth-order valence-corrected chi connectivity index (χ4v) is 2.32. The van der Waals surface area contributed by atoms with Gasteiger partial charge in [0.15, 0.2) is 11.9 Å². The summed E-state index contributed by atoms with van der Waals surface area (Å²) in [5.74, 6) is -0.927. The summed E-state index contributed by atoms with van der Waals surface area (Å²) in [6.07, 6.45) is 2.83. The van der Waals surface area contributed by atoms with E-state index >= 15 is 0 Å². The Morgan fingerprint density at radius 2 is 2.18 bits per heavy atom. The molecule has 1 fully saturated rings. The molecule has 0 unspecified atom stereocenters. The van der Waals surface area contributed by atoms with Crippen molar-refractivity contribution in [3.8, 4) is 0 Å². The molecule has 0 spiro atoms. The van der Waals surface area contributed by atoms with E-state index in [-0.39, 0.29) is 12.5 Å². The molecule has 1 aliphatic rings. The minimum Gasteiger partial charge on any atom is -0.347 e. The van der Waals surface area contributed by atoms with Crippen LogP contribution in [0.15, 0.2) is 42.7 Å². The lowest BCUT2D eigenvalue weighted by atomic mass is 10.2. The summed E-state index contributed by atoms with van der Waals surface area (Å²) < 4.78 is 12.7. The number of nitrogens with zero attached hydrogens (tertiary/aromatic N) is 2. The molecule has 116 valence electrons. The van der Waals surface area contributed by atoms with Crippen molar-refractivity contribution < 1.29 is 14.3 Å². The minimum atomic E-state index is -0.709. The first kappa shape index (κ1) is 14.7. The Morgan fingerprint density at radius 1 is 1.41 bits per heavy atom. The number of hydrogen-bond donors (Lipinski definition) is 1. The number of anilines is 1. The van der Waals surface area contributed by atoms with E-state index in [0.29, 0.717) is 12.2 Å². The van der Waals surface area contributed by atoms with Crippen molar-refractivity contribution in [3.63, 3.8) is 0 Å². The lowest BCUT2D eigenvalue weighted by Gasteiger charge is -2.16. The second-order valence-corrected chi connectivity index (χ2v) is 5.72. The number of carbonyl (C=O) groups is 1. The van der Waals surface area contributed by atoms with Crippen molar-refractivity contribution in [2.24, 2.45) is 0 Å². The summed E-state index contributed by atoms with van der Waals surface area (Å²) in [6, 6.07) is 10.0. The maximum absolute atomic E-state index is 12.1. The zero-order valence-corrected chi connectivity index (χ0v) is 12.7. The molecule has 1 atom stereocenters. The molecule has 2 aromatic rings. The average Bonchev–Trinajstić information content (AvgIpc) is 3.06. The van der Waals surface area contributed by atoms with Crippen molar-refractivity contribution in [2.45, 2.75) is 32.3 Å². The molecule has 6 heteroatoms. The molecule has 3 rings (SSSR count). The molecule has 1 aromatic carbocycles. The molecule has 1 N–H and O–H groups in total. The van der Waals surface area contributed by atoms with E-state index < -0.39 is 11.9 Å². The Morgan fingerprint density at radius 3 is 2.86 bits per heavy atom. The molecule has 0 bridgehead atoms. The summed E-state index contributed by atoms with van der Waals surface area (Å²) in [5, 5.41) is 7.05. The summed E-state index contributed by atoms with van der Waals surface area (Å²) in [5.41, 5.74) is 1.80. The van der Waals surface area contributed by atoms with Crippen LogP contribution in [-0.4, -0.2) is 34.2 Å². The number of rotatable bonds is 4. The molecule has 2 heterocycles. The van der Waals surface area contributed by atoms with Gasteiger partial charge < -0.3 is 14.8 Å². The molecular formula is C16H19N3O3. The van der Waals surface area contributed by atoms with Crippen LogP contribution in [0.25, 0.3) is 0 Å². The van der Waals surface area contributed by atoms with Gasteiger partial charge in [-0.15, -0.1) is 0 Å². The molecular weight excluding hydrogens is 282 g/mol. The van der Waals surface area contributed by atoms with E-state index in [1.54, 1.807) is 30.9 Å². The summed E-state index contributed by atoms with van der Waals surface area (Å²) in [7, 11) is 0. The lowest BCUT2D eigenvalue weighted by Crippen LogP contribution is -2.31. The van der Waals surface area contributed by atoms with Crippen LogP contribution in [-0.2, 0) is 20.8 Å². The van der Waals surface area contributed by atoms with Crippen molar-refractivity contribution in [1.29, 1.82) is 0 Å². The second kappa shape index (κ2) is 5.90. The summed E-state index contributed by atoms with van der Waals surface area (Å²) in [4.78, 5) is 12.1. The fraction of sp³-hybridized carbons (Fsp3) is 0.375. The van der Waals surface area contributed by atoms with Gasteiger partial charge in [-0.2, -0.15) is 5.10 Å². The van der Waals surface area contributed by atoms with Crippen LogP contribution in [0.3, 0.4) is 0 Å². The third kappa shape index (κ3) is 3.52. The average molecular weight is 301 g/mol. The molecule has 1 saturated heterocycles. The Hall–Kier alpha value is -2.18. The van der Waals surface area contributed by atoms with E-state index in [2.05, 4.69) is 10.4 Å². The monoisotopic (exact) mass is 301 g/mol. The minimum absolute atomic E-state index is 0.218. The molecule has 0 aliphatic carbocycles. The number of aromatic nitrogens is 2. The topological polar surface area (TPSA) is 65.4 Å². The smallest absolute Gasteiger partial charge is 0.256 e.